The normalized spacial score (nSPS) is 18.1. The van der Waals surface area contributed by atoms with Gasteiger partial charge in [0.25, 0.3) is 0 Å². The van der Waals surface area contributed by atoms with Gasteiger partial charge < -0.3 is 8.92 Å². The number of hydrogen-bond acceptors (Lipinski definition) is 6. The summed E-state index contributed by atoms with van der Waals surface area (Å²) in [7, 11) is 0. The van der Waals surface area contributed by atoms with Crippen LogP contribution in [0.4, 0.5) is 0 Å². The minimum Gasteiger partial charge on any atom is -0.476 e. The van der Waals surface area contributed by atoms with Crippen LogP contribution in [-0.2, 0) is 4.18 Å². The van der Waals surface area contributed by atoms with Crippen molar-refractivity contribution in [3.05, 3.63) is 36.5 Å². The second-order valence-electron chi connectivity index (χ2n) is 4.94. The van der Waals surface area contributed by atoms with Crippen LogP contribution >= 0.6 is 23.8 Å². The van der Waals surface area contributed by atoms with E-state index in [0.717, 1.165) is 35.7 Å². The molecule has 0 spiro atoms. The summed E-state index contributed by atoms with van der Waals surface area (Å²) in [5.41, 5.74) is 1.69. The molecule has 116 valence electrons. The van der Waals surface area contributed by atoms with Crippen LogP contribution in [0.1, 0.15) is 12.8 Å². The molecule has 22 heavy (non-hydrogen) atoms. The van der Waals surface area contributed by atoms with Gasteiger partial charge >= 0.3 is 0 Å². The summed E-state index contributed by atoms with van der Waals surface area (Å²) in [5.74, 6) is 0.638. The molecule has 0 bridgehead atoms. The first kappa shape index (κ1) is 15.6. The second kappa shape index (κ2) is 7.85. The van der Waals surface area contributed by atoms with E-state index in [9.17, 15) is 0 Å². The van der Waals surface area contributed by atoms with Gasteiger partial charge in [-0.3, -0.25) is 4.98 Å². The SMILES string of the molecule is CSc1ccc(-c2cccc(OCC3CCCOS3)n2)nc1. The van der Waals surface area contributed by atoms with Crippen molar-refractivity contribution >= 4 is 23.8 Å². The fourth-order valence-corrected chi connectivity index (χ4v) is 3.30. The molecule has 0 saturated carbocycles. The van der Waals surface area contributed by atoms with E-state index in [0.29, 0.717) is 17.7 Å². The zero-order valence-corrected chi connectivity index (χ0v) is 14.0. The minimum absolute atomic E-state index is 0.387. The molecule has 6 heteroatoms. The first-order valence-corrected chi connectivity index (χ1v) is 9.26. The number of nitrogens with zero attached hydrogens (tertiary/aromatic N) is 2. The fraction of sp³-hybridized carbons (Fsp3) is 0.375. The molecule has 2 aromatic rings. The lowest BCUT2D eigenvalue weighted by atomic mass is 10.2. The van der Waals surface area contributed by atoms with Gasteiger partial charge in [-0.05, 0) is 49.3 Å². The van der Waals surface area contributed by atoms with Gasteiger partial charge in [-0.1, -0.05) is 6.07 Å². The fourth-order valence-electron chi connectivity index (χ4n) is 2.14. The van der Waals surface area contributed by atoms with Gasteiger partial charge in [0, 0.05) is 17.2 Å². The highest BCUT2D eigenvalue weighted by Gasteiger charge is 2.16. The molecule has 1 fully saturated rings. The Labute approximate surface area is 139 Å². The second-order valence-corrected chi connectivity index (χ2v) is 6.91. The lowest BCUT2D eigenvalue weighted by molar-refractivity contribution is 0.266. The van der Waals surface area contributed by atoms with Crippen LogP contribution in [0, 0.1) is 0 Å². The van der Waals surface area contributed by atoms with E-state index in [4.69, 9.17) is 8.92 Å². The van der Waals surface area contributed by atoms with Gasteiger partial charge in [0.2, 0.25) is 5.88 Å². The number of rotatable bonds is 5. The van der Waals surface area contributed by atoms with Crippen molar-refractivity contribution < 1.29 is 8.92 Å². The summed E-state index contributed by atoms with van der Waals surface area (Å²) in [6, 6.07) is 9.83. The summed E-state index contributed by atoms with van der Waals surface area (Å²) < 4.78 is 11.2. The average molecular weight is 334 g/mol. The highest BCUT2D eigenvalue weighted by Crippen LogP contribution is 2.25. The third-order valence-corrected chi connectivity index (χ3v) is 4.99. The van der Waals surface area contributed by atoms with E-state index in [2.05, 4.69) is 16.0 Å². The Morgan fingerprint density at radius 2 is 2.27 bits per heavy atom. The summed E-state index contributed by atoms with van der Waals surface area (Å²) in [6.07, 6.45) is 6.13. The van der Waals surface area contributed by atoms with Gasteiger partial charge in [0.05, 0.1) is 23.2 Å². The Bertz CT molecular complexity index is 601. The van der Waals surface area contributed by atoms with E-state index in [-0.39, 0.29) is 0 Å². The van der Waals surface area contributed by atoms with E-state index >= 15 is 0 Å². The molecule has 3 heterocycles. The smallest absolute Gasteiger partial charge is 0.213 e. The molecule has 2 aromatic heterocycles. The molecule has 1 aliphatic rings. The summed E-state index contributed by atoms with van der Waals surface area (Å²) in [6.45, 7) is 1.46. The molecule has 0 aromatic carbocycles. The first-order chi connectivity index (χ1) is 10.8. The predicted molar refractivity (Wildman–Crippen MR) is 91.3 cm³/mol. The monoisotopic (exact) mass is 334 g/mol. The van der Waals surface area contributed by atoms with Crippen LogP contribution in [0.15, 0.2) is 41.4 Å². The Morgan fingerprint density at radius 3 is 3.00 bits per heavy atom. The highest BCUT2D eigenvalue weighted by atomic mass is 32.2. The molecule has 1 aliphatic heterocycles. The van der Waals surface area contributed by atoms with Crippen molar-refractivity contribution in [2.45, 2.75) is 23.0 Å². The van der Waals surface area contributed by atoms with Crippen molar-refractivity contribution in [1.29, 1.82) is 0 Å². The van der Waals surface area contributed by atoms with E-state index in [1.165, 1.54) is 12.0 Å². The maximum Gasteiger partial charge on any atom is 0.213 e. The zero-order chi connectivity index (χ0) is 15.2. The maximum absolute atomic E-state index is 5.81. The van der Waals surface area contributed by atoms with Gasteiger partial charge in [-0.15, -0.1) is 11.8 Å². The maximum atomic E-state index is 5.81. The van der Waals surface area contributed by atoms with Gasteiger partial charge in [-0.2, -0.15) is 0 Å². The van der Waals surface area contributed by atoms with Crippen molar-refractivity contribution in [2.75, 3.05) is 19.5 Å². The minimum atomic E-state index is 0.387. The lowest BCUT2D eigenvalue weighted by Crippen LogP contribution is -2.19. The molecule has 1 atom stereocenters. The molecule has 0 N–H and O–H groups in total. The third kappa shape index (κ3) is 4.15. The van der Waals surface area contributed by atoms with Gasteiger partial charge in [0.1, 0.15) is 6.61 Å². The first-order valence-electron chi connectivity index (χ1n) is 7.24. The number of pyridine rings is 2. The van der Waals surface area contributed by atoms with E-state index in [1.54, 1.807) is 11.8 Å². The molecule has 3 rings (SSSR count). The number of ether oxygens (including phenoxy) is 1. The molecule has 0 aliphatic carbocycles. The van der Waals surface area contributed by atoms with Crippen LogP contribution in [0.2, 0.25) is 0 Å². The van der Waals surface area contributed by atoms with E-state index in [1.807, 2.05) is 36.7 Å². The van der Waals surface area contributed by atoms with Crippen LogP contribution < -0.4 is 4.74 Å². The molecular formula is C16H18N2O2S2. The summed E-state index contributed by atoms with van der Waals surface area (Å²) in [5, 5.41) is 0.387. The Morgan fingerprint density at radius 1 is 1.32 bits per heavy atom. The largest absolute Gasteiger partial charge is 0.476 e. The third-order valence-electron chi connectivity index (χ3n) is 3.33. The zero-order valence-electron chi connectivity index (χ0n) is 12.4. The quantitative estimate of drug-likeness (QED) is 0.606. The number of hydrogen-bond donors (Lipinski definition) is 0. The number of aromatic nitrogens is 2. The molecule has 0 amide bonds. The van der Waals surface area contributed by atoms with Crippen molar-refractivity contribution in [1.82, 2.24) is 9.97 Å². The van der Waals surface area contributed by atoms with Crippen molar-refractivity contribution in [3.63, 3.8) is 0 Å². The molecule has 0 radical (unpaired) electrons. The highest BCUT2D eigenvalue weighted by molar-refractivity contribution is 7.98. The van der Waals surface area contributed by atoms with Crippen molar-refractivity contribution in [3.8, 4) is 17.3 Å². The summed E-state index contributed by atoms with van der Waals surface area (Å²) in [4.78, 5) is 10.1. The predicted octanol–water partition coefficient (Wildman–Crippen LogP) is 4.07. The van der Waals surface area contributed by atoms with Gasteiger partial charge in [0.15, 0.2) is 0 Å². The van der Waals surface area contributed by atoms with Crippen LogP contribution in [-0.4, -0.2) is 34.7 Å². The summed E-state index contributed by atoms with van der Waals surface area (Å²) >= 11 is 3.20. The van der Waals surface area contributed by atoms with Crippen LogP contribution in [0.3, 0.4) is 0 Å². The topological polar surface area (TPSA) is 44.2 Å². The Hall–Kier alpha value is -1.24. The average Bonchev–Trinajstić information content (AvgIpc) is 2.61. The van der Waals surface area contributed by atoms with Crippen LogP contribution in [0.25, 0.3) is 11.4 Å². The molecular weight excluding hydrogens is 316 g/mol. The Kier molecular flexibility index (Phi) is 5.58. The number of thioether (sulfide) groups is 1. The molecule has 4 nitrogen and oxygen atoms in total. The van der Waals surface area contributed by atoms with Crippen molar-refractivity contribution in [2.24, 2.45) is 0 Å². The van der Waals surface area contributed by atoms with Gasteiger partial charge in [-0.25, -0.2) is 4.98 Å². The molecule has 1 saturated heterocycles. The van der Waals surface area contributed by atoms with E-state index < -0.39 is 0 Å². The Balaban J connectivity index is 1.66. The standard InChI is InChI=1S/C16H18N2O2S2/c1-21-12-7-8-14(17-10-12)15-5-2-6-16(18-15)19-11-13-4-3-9-20-22-13/h2,5-8,10,13H,3-4,9,11H2,1H3. The lowest BCUT2D eigenvalue weighted by Gasteiger charge is -2.20. The molecule has 1 unspecified atom stereocenters. The van der Waals surface area contributed by atoms with Crippen LogP contribution in [0.5, 0.6) is 5.88 Å².